The predicted octanol–water partition coefficient (Wildman–Crippen LogP) is 2.40. The highest BCUT2D eigenvalue weighted by atomic mass is 35.5. The largest absolute Gasteiger partial charge is 0.392 e. The molecule has 0 heterocycles. The Morgan fingerprint density at radius 3 is 2.58 bits per heavy atom. The molecular weight excluding hydrogens is 286 g/mol. The molecule has 0 aromatic heterocycles. The first-order chi connectivity index (χ1) is 8.96. The summed E-state index contributed by atoms with van der Waals surface area (Å²) in [6, 6.07) is 4.53. The number of hydrogen-bond donors (Lipinski definition) is 1. The lowest BCUT2D eigenvalue weighted by atomic mass is 10.2. The summed E-state index contributed by atoms with van der Waals surface area (Å²) in [5.74, 6) is 0. The Morgan fingerprint density at radius 1 is 1.37 bits per heavy atom. The molecule has 0 atom stereocenters. The van der Waals surface area contributed by atoms with Crippen molar-refractivity contribution in [1.29, 1.82) is 0 Å². The van der Waals surface area contributed by atoms with Crippen LogP contribution < -0.4 is 0 Å². The fraction of sp³-hybridized carbons (Fsp3) is 0.538. The van der Waals surface area contributed by atoms with Crippen molar-refractivity contribution < 1.29 is 13.5 Å². The maximum absolute atomic E-state index is 12.5. The highest BCUT2D eigenvalue weighted by Crippen LogP contribution is 2.28. The Balaban J connectivity index is 2.33. The van der Waals surface area contributed by atoms with Gasteiger partial charge in [-0.1, -0.05) is 24.4 Å². The molecule has 0 aliphatic heterocycles. The van der Waals surface area contributed by atoms with Gasteiger partial charge in [0.1, 0.15) is 0 Å². The number of nitrogens with zero attached hydrogens (tertiary/aromatic N) is 1. The van der Waals surface area contributed by atoms with Gasteiger partial charge in [-0.25, -0.2) is 8.42 Å². The second kappa shape index (κ2) is 5.79. The molecule has 4 nitrogen and oxygen atoms in total. The summed E-state index contributed by atoms with van der Waals surface area (Å²) in [5.41, 5.74) is 0.433. The van der Waals surface area contributed by atoms with Gasteiger partial charge in [-0.15, -0.1) is 0 Å². The number of benzene rings is 1. The number of hydrogen-bond acceptors (Lipinski definition) is 3. The molecule has 19 heavy (non-hydrogen) atoms. The molecule has 1 aliphatic rings. The van der Waals surface area contributed by atoms with E-state index in [2.05, 4.69) is 0 Å². The average Bonchev–Trinajstić information content (AvgIpc) is 2.91. The van der Waals surface area contributed by atoms with Crippen molar-refractivity contribution in [1.82, 2.24) is 4.31 Å². The molecule has 1 aromatic carbocycles. The van der Waals surface area contributed by atoms with Gasteiger partial charge >= 0.3 is 0 Å². The molecule has 106 valence electrons. The van der Waals surface area contributed by atoms with Crippen LogP contribution in [0.15, 0.2) is 23.1 Å². The topological polar surface area (TPSA) is 57.6 Å². The molecule has 1 fully saturated rings. The lowest BCUT2D eigenvalue weighted by Gasteiger charge is -2.23. The van der Waals surface area contributed by atoms with E-state index in [-0.39, 0.29) is 17.5 Å². The first-order valence-electron chi connectivity index (χ1n) is 6.34. The molecular formula is C13H18ClNO3S. The van der Waals surface area contributed by atoms with E-state index in [1.807, 2.05) is 0 Å². The second-order valence-electron chi connectivity index (χ2n) is 4.87. The number of aliphatic hydroxyl groups is 1. The van der Waals surface area contributed by atoms with Gasteiger partial charge < -0.3 is 5.11 Å². The Bertz CT molecular complexity index is 553. The van der Waals surface area contributed by atoms with Crippen LogP contribution in [0.5, 0.6) is 0 Å². The molecule has 6 heteroatoms. The zero-order valence-corrected chi connectivity index (χ0v) is 12.4. The van der Waals surface area contributed by atoms with Gasteiger partial charge in [0.05, 0.1) is 11.5 Å². The van der Waals surface area contributed by atoms with Crippen molar-refractivity contribution >= 4 is 21.6 Å². The van der Waals surface area contributed by atoms with E-state index in [0.29, 0.717) is 10.6 Å². The third-order valence-electron chi connectivity index (χ3n) is 3.70. The van der Waals surface area contributed by atoms with E-state index in [0.717, 1.165) is 25.7 Å². The summed E-state index contributed by atoms with van der Waals surface area (Å²) in [6.45, 7) is -0.269. The van der Waals surface area contributed by atoms with Crippen molar-refractivity contribution in [3.05, 3.63) is 28.8 Å². The maximum atomic E-state index is 12.5. The lowest BCUT2D eigenvalue weighted by Crippen LogP contribution is -2.35. The molecule has 0 spiro atoms. The van der Waals surface area contributed by atoms with Crippen LogP contribution in [-0.4, -0.2) is 30.9 Å². The SMILES string of the molecule is CN(C1CCCC1)S(=O)(=O)c1ccc(Cl)c(CO)c1. The zero-order chi connectivity index (χ0) is 14.0. The highest BCUT2D eigenvalue weighted by Gasteiger charge is 2.30. The van der Waals surface area contributed by atoms with Crippen molar-refractivity contribution in [2.24, 2.45) is 0 Å². The van der Waals surface area contributed by atoms with Crippen LogP contribution in [0.4, 0.5) is 0 Å². The number of sulfonamides is 1. The quantitative estimate of drug-likeness (QED) is 0.929. The van der Waals surface area contributed by atoms with E-state index in [1.165, 1.54) is 22.5 Å². The maximum Gasteiger partial charge on any atom is 0.243 e. The minimum absolute atomic E-state index is 0.0817. The van der Waals surface area contributed by atoms with Crippen LogP contribution in [0.3, 0.4) is 0 Å². The van der Waals surface area contributed by atoms with E-state index >= 15 is 0 Å². The highest BCUT2D eigenvalue weighted by molar-refractivity contribution is 7.89. The smallest absolute Gasteiger partial charge is 0.243 e. The van der Waals surface area contributed by atoms with Crippen LogP contribution >= 0.6 is 11.6 Å². The molecule has 1 saturated carbocycles. The van der Waals surface area contributed by atoms with E-state index in [1.54, 1.807) is 7.05 Å². The van der Waals surface area contributed by atoms with E-state index in [4.69, 9.17) is 16.7 Å². The number of aliphatic hydroxyl groups excluding tert-OH is 1. The molecule has 0 unspecified atom stereocenters. The van der Waals surface area contributed by atoms with Gasteiger partial charge in [0.2, 0.25) is 10.0 Å². The second-order valence-corrected chi connectivity index (χ2v) is 7.28. The first kappa shape index (κ1) is 14.8. The van der Waals surface area contributed by atoms with Gasteiger partial charge in [-0.05, 0) is 36.6 Å². The van der Waals surface area contributed by atoms with Gasteiger partial charge in [-0.3, -0.25) is 0 Å². The summed E-state index contributed by atoms with van der Waals surface area (Å²) in [4.78, 5) is 0.190. The molecule has 2 rings (SSSR count). The number of rotatable bonds is 4. The molecule has 0 amide bonds. The van der Waals surface area contributed by atoms with Crippen molar-refractivity contribution in [2.75, 3.05) is 7.05 Å². The van der Waals surface area contributed by atoms with Crippen LogP contribution in [-0.2, 0) is 16.6 Å². The summed E-state index contributed by atoms with van der Waals surface area (Å²) < 4.78 is 26.4. The molecule has 0 saturated heterocycles. The van der Waals surface area contributed by atoms with Gasteiger partial charge in [0.25, 0.3) is 0 Å². The van der Waals surface area contributed by atoms with Gasteiger partial charge in [-0.2, -0.15) is 4.31 Å². The van der Waals surface area contributed by atoms with Gasteiger partial charge in [0, 0.05) is 18.1 Å². The van der Waals surface area contributed by atoms with Crippen LogP contribution in [0.25, 0.3) is 0 Å². The summed E-state index contributed by atoms with van der Waals surface area (Å²) in [7, 11) is -1.88. The number of halogens is 1. The fourth-order valence-electron chi connectivity index (χ4n) is 2.46. The normalized spacial score (nSPS) is 17.3. The van der Waals surface area contributed by atoms with E-state index < -0.39 is 10.0 Å². The lowest BCUT2D eigenvalue weighted by molar-refractivity contribution is 0.281. The summed E-state index contributed by atoms with van der Waals surface area (Å²) >= 11 is 5.88. The zero-order valence-electron chi connectivity index (χ0n) is 10.8. The first-order valence-corrected chi connectivity index (χ1v) is 8.16. The van der Waals surface area contributed by atoms with Crippen molar-refractivity contribution in [2.45, 2.75) is 43.2 Å². The summed E-state index contributed by atoms with van der Waals surface area (Å²) in [6.07, 6.45) is 3.98. The Labute approximate surface area is 119 Å². The van der Waals surface area contributed by atoms with Gasteiger partial charge in [0.15, 0.2) is 0 Å². The van der Waals surface area contributed by atoms with Crippen LogP contribution in [0, 0.1) is 0 Å². The Kier molecular flexibility index (Phi) is 4.50. The van der Waals surface area contributed by atoms with Crippen molar-refractivity contribution in [3.63, 3.8) is 0 Å². The molecule has 0 radical (unpaired) electrons. The average molecular weight is 304 g/mol. The minimum atomic E-state index is -3.51. The fourth-order valence-corrected chi connectivity index (χ4v) is 4.11. The molecule has 1 aromatic rings. The third-order valence-corrected chi connectivity index (χ3v) is 5.98. The Morgan fingerprint density at radius 2 is 2.00 bits per heavy atom. The van der Waals surface area contributed by atoms with Crippen molar-refractivity contribution in [3.8, 4) is 0 Å². The molecule has 0 bridgehead atoms. The third kappa shape index (κ3) is 2.94. The predicted molar refractivity (Wildman–Crippen MR) is 74.6 cm³/mol. The minimum Gasteiger partial charge on any atom is -0.392 e. The molecule has 1 aliphatic carbocycles. The summed E-state index contributed by atoms with van der Waals surface area (Å²) in [5, 5.41) is 9.55. The van der Waals surface area contributed by atoms with E-state index in [9.17, 15) is 8.42 Å². The monoisotopic (exact) mass is 303 g/mol. The van der Waals surface area contributed by atoms with Crippen LogP contribution in [0.2, 0.25) is 5.02 Å². The van der Waals surface area contributed by atoms with Crippen LogP contribution in [0.1, 0.15) is 31.2 Å². The Hall–Kier alpha value is -0.620. The molecule has 1 N–H and O–H groups in total. The standard InChI is InChI=1S/C13H18ClNO3S/c1-15(11-4-2-3-5-11)19(17,18)12-6-7-13(14)10(8-12)9-16/h6-8,11,16H,2-5,9H2,1H3.